The van der Waals surface area contributed by atoms with Crippen LogP contribution in [0.5, 0.6) is 0 Å². The van der Waals surface area contributed by atoms with Crippen LogP contribution in [0.15, 0.2) is 47.1 Å². The number of hydrogen-bond donors (Lipinski definition) is 1. The molecule has 0 radical (unpaired) electrons. The first-order valence-corrected chi connectivity index (χ1v) is 7.93. The molecular formula is C17H14BrN3O3. The Balaban J connectivity index is 2.01. The molecule has 0 saturated carbocycles. The van der Waals surface area contributed by atoms with Crippen LogP contribution in [0.3, 0.4) is 0 Å². The van der Waals surface area contributed by atoms with E-state index in [1.807, 2.05) is 12.1 Å². The molecule has 1 aromatic carbocycles. The number of para-hydroxylation sites is 1. The highest BCUT2D eigenvalue weighted by atomic mass is 79.9. The van der Waals surface area contributed by atoms with Gasteiger partial charge in [0.1, 0.15) is 11.3 Å². The number of esters is 1. The fourth-order valence-electron chi connectivity index (χ4n) is 2.47. The molecule has 2 aromatic heterocycles. The van der Waals surface area contributed by atoms with Crippen molar-refractivity contribution >= 4 is 39.1 Å². The van der Waals surface area contributed by atoms with Crippen LogP contribution in [0, 0.1) is 6.92 Å². The van der Waals surface area contributed by atoms with Crippen LogP contribution in [0.1, 0.15) is 26.5 Å². The number of rotatable bonds is 3. The summed E-state index contributed by atoms with van der Waals surface area (Å²) >= 11 is 3.39. The summed E-state index contributed by atoms with van der Waals surface area (Å²) in [6.45, 7) is 1.77. The maximum absolute atomic E-state index is 12.7. The number of fused-ring (bicyclic) bond motifs is 1. The monoisotopic (exact) mass is 387 g/mol. The molecule has 122 valence electrons. The lowest BCUT2D eigenvalue weighted by Gasteiger charge is -2.10. The van der Waals surface area contributed by atoms with E-state index < -0.39 is 5.97 Å². The Morgan fingerprint density at radius 1 is 1.21 bits per heavy atom. The molecule has 3 aromatic rings. The van der Waals surface area contributed by atoms with Crippen LogP contribution in [0.4, 0.5) is 5.69 Å². The molecule has 0 aliphatic carbocycles. The van der Waals surface area contributed by atoms with Crippen molar-refractivity contribution < 1.29 is 14.3 Å². The topological polar surface area (TPSA) is 72.7 Å². The molecule has 1 N–H and O–H groups in total. The van der Waals surface area contributed by atoms with Crippen molar-refractivity contribution in [3.05, 3.63) is 64.0 Å². The highest BCUT2D eigenvalue weighted by Gasteiger charge is 2.19. The number of carbonyl (C=O) groups excluding carboxylic acids is 2. The highest BCUT2D eigenvalue weighted by molar-refractivity contribution is 9.10. The van der Waals surface area contributed by atoms with Gasteiger partial charge in [0.05, 0.1) is 24.1 Å². The molecule has 0 aliphatic heterocycles. The number of benzene rings is 1. The van der Waals surface area contributed by atoms with Gasteiger partial charge in [-0.05, 0) is 47.1 Å². The third kappa shape index (κ3) is 2.90. The molecule has 0 atom stereocenters. The van der Waals surface area contributed by atoms with Crippen LogP contribution >= 0.6 is 15.9 Å². The fraction of sp³-hybridized carbons (Fsp3) is 0.118. The van der Waals surface area contributed by atoms with Gasteiger partial charge in [-0.3, -0.25) is 9.20 Å². The number of aryl methyl sites for hydroxylation is 1. The zero-order valence-electron chi connectivity index (χ0n) is 13.0. The minimum Gasteiger partial charge on any atom is -0.465 e. The number of amides is 1. The molecule has 0 spiro atoms. The second-order valence-corrected chi connectivity index (χ2v) is 6.03. The summed E-state index contributed by atoms with van der Waals surface area (Å²) in [5.74, 6) is -0.863. The van der Waals surface area contributed by atoms with Crippen molar-refractivity contribution in [2.24, 2.45) is 0 Å². The molecule has 0 unspecified atom stereocenters. The summed E-state index contributed by atoms with van der Waals surface area (Å²) in [5.41, 5.74) is 2.36. The summed E-state index contributed by atoms with van der Waals surface area (Å²) in [5, 5.41) is 2.76. The number of anilines is 1. The SMILES string of the molecule is COC(=O)c1ccccc1NC(=O)c1c(C)nc2ccc(Br)cn12. The first kappa shape index (κ1) is 16.2. The zero-order valence-corrected chi connectivity index (χ0v) is 14.6. The number of ether oxygens (including phenoxy) is 1. The maximum Gasteiger partial charge on any atom is 0.339 e. The molecule has 2 heterocycles. The van der Waals surface area contributed by atoms with Gasteiger partial charge < -0.3 is 10.1 Å². The van der Waals surface area contributed by atoms with Gasteiger partial charge in [0, 0.05) is 10.7 Å². The van der Waals surface area contributed by atoms with E-state index in [0.717, 1.165) is 4.47 Å². The van der Waals surface area contributed by atoms with Crippen LogP contribution in [-0.4, -0.2) is 28.4 Å². The van der Waals surface area contributed by atoms with Gasteiger partial charge in [-0.25, -0.2) is 9.78 Å². The number of pyridine rings is 1. The van der Waals surface area contributed by atoms with Gasteiger partial charge in [0.15, 0.2) is 0 Å². The van der Waals surface area contributed by atoms with Crippen molar-refractivity contribution in [3.63, 3.8) is 0 Å². The molecule has 7 heteroatoms. The molecule has 24 heavy (non-hydrogen) atoms. The van der Waals surface area contributed by atoms with Gasteiger partial charge in [0.2, 0.25) is 0 Å². The highest BCUT2D eigenvalue weighted by Crippen LogP contribution is 2.20. The third-order valence-electron chi connectivity index (χ3n) is 3.55. The zero-order chi connectivity index (χ0) is 17.3. The van der Waals surface area contributed by atoms with E-state index >= 15 is 0 Å². The quantitative estimate of drug-likeness (QED) is 0.698. The largest absolute Gasteiger partial charge is 0.465 e. The van der Waals surface area contributed by atoms with Crippen LogP contribution in [-0.2, 0) is 4.74 Å². The van der Waals surface area contributed by atoms with Crippen molar-refractivity contribution in [2.75, 3.05) is 12.4 Å². The lowest BCUT2D eigenvalue weighted by molar-refractivity contribution is 0.0602. The Kier molecular flexibility index (Phi) is 4.35. The van der Waals surface area contributed by atoms with Crippen molar-refractivity contribution in [2.45, 2.75) is 6.92 Å². The van der Waals surface area contributed by atoms with E-state index in [1.165, 1.54) is 7.11 Å². The Morgan fingerprint density at radius 2 is 1.96 bits per heavy atom. The first-order chi connectivity index (χ1) is 11.5. The standard InChI is InChI=1S/C17H14BrN3O3/c1-10-15(21-9-11(18)7-8-14(21)19-10)16(22)20-13-6-4-3-5-12(13)17(23)24-2/h3-9H,1-2H3,(H,20,22). The minimum atomic E-state index is -0.511. The van der Waals surface area contributed by atoms with Gasteiger partial charge in [0.25, 0.3) is 5.91 Å². The Morgan fingerprint density at radius 3 is 2.71 bits per heavy atom. The Hall–Kier alpha value is -2.67. The second kappa shape index (κ2) is 6.45. The van der Waals surface area contributed by atoms with E-state index in [4.69, 9.17) is 4.74 Å². The van der Waals surface area contributed by atoms with Crippen molar-refractivity contribution in [3.8, 4) is 0 Å². The van der Waals surface area contributed by atoms with E-state index in [2.05, 4.69) is 26.2 Å². The van der Waals surface area contributed by atoms with E-state index in [0.29, 0.717) is 28.3 Å². The first-order valence-electron chi connectivity index (χ1n) is 7.14. The number of nitrogens with one attached hydrogen (secondary N) is 1. The normalized spacial score (nSPS) is 10.6. The predicted octanol–water partition coefficient (Wildman–Crippen LogP) is 3.44. The third-order valence-corrected chi connectivity index (χ3v) is 4.02. The second-order valence-electron chi connectivity index (χ2n) is 5.11. The smallest absolute Gasteiger partial charge is 0.339 e. The molecule has 6 nitrogen and oxygen atoms in total. The number of methoxy groups -OCH3 is 1. The lowest BCUT2D eigenvalue weighted by Crippen LogP contribution is -2.18. The average Bonchev–Trinajstić information content (AvgIpc) is 2.89. The van der Waals surface area contributed by atoms with Crippen LogP contribution in [0.25, 0.3) is 5.65 Å². The van der Waals surface area contributed by atoms with E-state index in [9.17, 15) is 9.59 Å². The van der Waals surface area contributed by atoms with Crippen molar-refractivity contribution in [1.29, 1.82) is 0 Å². The van der Waals surface area contributed by atoms with Crippen molar-refractivity contribution in [1.82, 2.24) is 9.38 Å². The average molecular weight is 388 g/mol. The van der Waals surface area contributed by atoms with Crippen LogP contribution in [0.2, 0.25) is 0 Å². The number of imidazole rings is 1. The maximum atomic E-state index is 12.7. The van der Waals surface area contributed by atoms with E-state index in [1.54, 1.807) is 41.8 Å². The van der Waals surface area contributed by atoms with E-state index in [-0.39, 0.29) is 5.91 Å². The number of halogens is 1. The number of aromatic nitrogens is 2. The molecule has 1 amide bonds. The van der Waals surface area contributed by atoms with Gasteiger partial charge in [-0.15, -0.1) is 0 Å². The minimum absolute atomic E-state index is 0.293. The number of nitrogens with zero attached hydrogens (tertiary/aromatic N) is 2. The fourth-order valence-corrected chi connectivity index (χ4v) is 2.81. The molecule has 3 rings (SSSR count). The summed E-state index contributed by atoms with van der Waals surface area (Å²) < 4.78 is 7.28. The molecule has 0 aliphatic rings. The summed E-state index contributed by atoms with van der Waals surface area (Å²) in [6.07, 6.45) is 1.77. The van der Waals surface area contributed by atoms with Gasteiger partial charge in [-0.1, -0.05) is 12.1 Å². The van der Waals surface area contributed by atoms with Gasteiger partial charge >= 0.3 is 5.97 Å². The van der Waals surface area contributed by atoms with Gasteiger partial charge in [-0.2, -0.15) is 0 Å². The molecular weight excluding hydrogens is 374 g/mol. The van der Waals surface area contributed by atoms with Crippen LogP contribution < -0.4 is 5.32 Å². The molecule has 0 saturated heterocycles. The summed E-state index contributed by atoms with van der Waals surface area (Å²) in [6, 6.07) is 10.4. The lowest BCUT2D eigenvalue weighted by atomic mass is 10.1. The number of hydrogen-bond acceptors (Lipinski definition) is 4. The molecule has 0 fully saturated rings. The molecule has 0 bridgehead atoms. The summed E-state index contributed by atoms with van der Waals surface area (Å²) in [4.78, 5) is 29.0. The predicted molar refractivity (Wildman–Crippen MR) is 93.4 cm³/mol. The Labute approximate surface area is 146 Å². The summed E-state index contributed by atoms with van der Waals surface area (Å²) in [7, 11) is 1.30. The number of carbonyl (C=O) groups is 2. The Bertz CT molecular complexity index is 949.